The van der Waals surface area contributed by atoms with Gasteiger partial charge in [-0.15, -0.1) is 11.3 Å². The summed E-state index contributed by atoms with van der Waals surface area (Å²) in [6, 6.07) is 14.2. The first-order chi connectivity index (χ1) is 12.7. The van der Waals surface area contributed by atoms with E-state index in [1.807, 2.05) is 54.0 Å². The third kappa shape index (κ3) is 3.44. The molecule has 2 atom stereocenters. The van der Waals surface area contributed by atoms with Gasteiger partial charge in [-0.3, -0.25) is 4.79 Å². The van der Waals surface area contributed by atoms with Gasteiger partial charge in [0.1, 0.15) is 5.69 Å². The first kappa shape index (κ1) is 17.0. The van der Waals surface area contributed by atoms with Crippen LogP contribution < -0.4 is 5.32 Å². The summed E-state index contributed by atoms with van der Waals surface area (Å²) in [5.41, 5.74) is 2.36. The molecule has 4 rings (SSSR count). The molecule has 1 N–H and O–H groups in total. The highest BCUT2D eigenvalue weighted by Gasteiger charge is 2.26. The van der Waals surface area contributed by atoms with Crippen molar-refractivity contribution < 1.29 is 4.79 Å². The van der Waals surface area contributed by atoms with Crippen molar-refractivity contribution in [2.24, 2.45) is 5.92 Å². The summed E-state index contributed by atoms with van der Waals surface area (Å²) in [5, 5.41) is 10.0. The Bertz CT molecular complexity index is 870. The van der Waals surface area contributed by atoms with Crippen LogP contribution in [0.1, 0.15) is 43.0 Å². The normalized spacial score (nSPS) is 20.0. The molecule has 134 valence electrons. The van der Waals surface area contributed by atoms with Crippen LogP contribution in [0.4, 0.5) is 0 Å². The van der Waals surface area contributed by atoms with Gasteiger partial charge in [0, 0.05) is 12.2 Å². The Hall–Kier alpha value is -2.40. The lowest BCUT2D eigenvalue weighted by atomic mass is 9.86. The zero-order valence-electron chi connectivity index (χ0n) is 14.9. The number of carbonyl (C=O) groups is 1. The molecule has 1 aliphatic rings. The molecule has 3 aromatic rings. The quantitative estimate of drug-likeness (QED) is 0.714. The number of carbonyl (C=O) groups excluding carboxylic acids is 1. The van der Waals surface area contributed by atoms with Crippen molar-refractivity contribution in [1.82, 2.24) is 15.1 Å². The van der Waals surface area contributed by atoms with E-state index >= 15 is 0 Å². The third-order valence-electron chi connectivity index (χ3n) is 5.16. The van der Waals surface area contributed by atoms with E-state index in [0.29, 0.717) is 11.5 Å². The number of hydrogen-bond acceptors (Lipinski definition) is 3. The summed E-state index contributed by atoms with van der Waals surface area (Å²) in [6.07, 6.45) is 6.56. The summed E-state index contributed by atoms with van der Waals surface area (Å²) in [5.74, 6) is 0.511. The molecule has 1 fully saturated rings. The first-order valence-electron chi connectivity index (χ1n) is 9.22. The minimum Gasteiger partial charge on any atom is -0.349 e. The summed E-state index contributed by atoms with van der Waals surface area (Å²) in [6.45, 7) is 2.23. The largest absolute Gasteiger partial charge is 0.349 e. The summed E-state index contributed by atoms with van der Waals surface area (Å²) in [7, 11) is 0. The van der Waals surface area contributed by atoms with Gasteiger partial charge in [0.2, 0.25) is 0 Å². The molecule has 2 heterocycles. The zero-order valence-corrected chi connectivity index (χ0v) is 15.7. The average Bonchev–Trinajstić information content (AvgIpc) is 3.34. The monoisotopic (exact) mass is 365 g/mol. The van der Waals surface area contributed by atoms with Gasteiger partial charge in [0.05, 0.1) is 16.1 Å². The van der Waals surface area contributed by atoms with Crippen molar-refractivity contribution >= 4 is 17.2 Å². The minimum atomic E-state index is -0.0191. The Morgan fingerprint density at radius 2 is 1.96 bits per heavy atom. The Kier molecular flexibility index (Phi) is 4.89. The Balaban J connectivity index is 1.67. The van der Waals surface area contributed by atoms with Crippen molar-refractivity contribution in [2.75, 3.05) is 0 Å². The molecule has 0 spiro atoms. The molecular weight excluding hydrogens is 342 g/mol. The van der Waals surface area contributed by atoms with E-state index in [2.05, 4.69) is 12.2 Å². The van der Waals surface area contributed by atoms with Gasteiger partial charge in [0.25, 0.3) is 5.91 Å². The van der Waals surface area contributed by atoms with Gasteiger partial charge >= 0.3 is 0 Å². The second-order valence-electron chi connectivity index (χ2n) is 6.99. The molecule has 1 aromatic carbocycles. The maximum atomic E-state index is 13.1. The highest BCUT2D eigenvalue weighted by molar-refractivity contribution is 7.13. The van der Waals surface area contributed by atoms with Gasteiger partial charge in [-0.25, -0.2) is 4.68 Å². The SMILES string of the molecule is CC1CCCCC1NC(=O)c1cn(-c2ccccc2)nc1-c1cccs1. The standard InChI is InChI=1S/C21H23N3OS/c1-15-8-5-6-11-18(15)22-21(25)17-14-24(16-9-3-2-4-10-16)23-20(17)19-12-7-13-26-19/h2-4,7,9-10,12-15,18H,5-6,8,11H2,1H3,(H,22,25). The van der Waals surface area contributed by atoms with Crippen molar-refractivity contribution in [3.63, 3.8) is 0 Å². The van der Waals surface area contributed by atoms with Crippen LogP contribution in [0.15, 0.2) is 54.0 Å². The smallest absolute Gasteiger partial charge is 0.255 e. The molecule has 0 radical (unpaired) electrons. The van der Waals surface area contributed by atoms with Gasteiger partial charge in [-0.05, 0) is 42.3 Å². The molecule has 0 saturated heterocycles. The topological polar surface area (TPSA) is 46.9 Å². The summed E-state index contributed by atoms with van der Waals surface area (Å²) >= 11 is 1.61. The van der Waals surface area contributed by atoms with Crippen molar-refractivity contribution in [3.05, 3.63) is 59.6 Å². The molecule has 5 heteroatoms. The molecule has 1 aliphatic carbocycles. The van der Waals surface area contributed by atoms with Crippen LogP contribution in [0.2, 0.25) is 0 Å². The van der Waals surface area contributed by atoms with E-state index in [-0.39, 0.29) is 11.9 Å². The molecule has 0 aliphatic heterocycles. The highest BCUT2D eigenvalue weighted by Crippen LogP contribution is 2.29. The van der Waals surface area contributed by atoms with Crippen molar-refractivity contribution in [1.29, 1.82) is 0 Å². The van der Waals surface area contributed by atoms with Gasteiger partial charge in [-0.2, -0.15) is 5.10 Å². The number of rotatable bonds is 4. The van der Waals surface area contributed by atoms with Crippen LogP contribution in [-0.4, -0.2) is 21.7 Å². The van der Waals surface area contributed by atoms with Crippen LogP contribution >= 0.6 is 11.3 Å². The Morgan fingerprint density at radius 3 is 2.69 bits per heavy atom. The molecule has 1 saturated carbocycles. The summed E-state index contributed by atoms with van der Waals surface area (Å²) < 4.78 is 1.80. The van der Waals surface area contributed by atoms with E-state index in [1.54, 1.807) is 16.0 Å². The maximum Gasteiger partial charge on any atom is 0.255 e. The van der Waals surface area contributed by atoms with Crippen molar-refractivity contribution in [3.8, 4) is 16.3 Å². The fourth-order valence-electron chi connectivity index (χ4n) is 3.63. The van der Waals surface area contributed by atoms with E-state index in [1.165, 1.54) is 19.3 Å². The number of benzene rings is 1. The predicted molar refractivity (Wildman–Crippen MR) is 106 cm³/mol. The fraction of sp³-hybridized carbons (Fsp3) is 0.333. The maximum absolute atomic E-state index is 13.1. The number of nitrogens with one attached hydrogen (secondary N) is 1. The highest BCUT2D eigenvalue weighted by atomic mass is 32.1. The number of amides is 1. The number of para-hydroxylation sites is 1. The van der Waals surface area contributed by atoms with E-state index in [0.717, 1.165) is 22.7 Å². The van der Waals surface area contributed by atoms with E-state index in [9.17, 15) is 4.79 Å². The van der Waals surface area contributed by atoms with Gasteiger partial charge in [-0.1, -0.05) is 44.0 Å². The van der Waals surface area contributed by atoms with Crippen LogP contribution in [0, 0.1) is 5.92 Å². The fourth-order valence-corrected chi connectivity index (χ4v) is 4.35. The van der Waals surface area contributed by atoms with E-state index < -0.39 is 0 Å². The molecule has 2 aromatic heterocycles. The Morgan fingerprint density at radius 1 is 1.15 bits per heavy atom. The number of nitrogens with zero attached hydrogens (tertiary/aromatic N) is 2. The molecule has 4 nitrogen and oxygen atoms in total. The lowest BCUT2D eigenvalue weighted by Crippen LogP contribution is -2.41. The molecule has 0 bridgehead atoms. The Labute approximate surface area is 157 Å². The predicted octanol–water partition coefficient (Wildman–Crippen LogP) is 4.91. The first-order valence-corrected chi connectivity index (χ1v) is 10.1. The lowest BCUT2D eigenvalue weighted by molar-refractivity contribution is 0.0911. The van der Waals surface area contributed by atoms with E-state index in [4.69, 9.17) is 5.10 Å². The number of hydrogen-bond donors (Lipinski definition) is 1. The molecule has 26 heavy (non-hydrogen) atoms. The van der Waals surface area contributed by atoms with Gasteiger partial charge < -0.3 is 5.32 Å². The second-order valence-corrected chi connectivity index (χ2v) is 7.94. The van der Waals surface area contributed by atoms with Crippen LogP contribution in [-0.2, 0) is 0 Å². The third-order valence-corrected chi connectivity index (χ3v) is 6.04. The lowest BCUT2D eigenvalue weighted by Gasteiger charge is -2.29. The molecular formula is C21H23N3OS. The van der Waals surface area contributed by atoms with Crippen molar-refractivity contribution in [2.45, 2.75) is 38.6 Å². The number of thiophene rings is 1. The number of aromatic nitrogens is 2. The minimum absolute atomic E-state index is 0.0191. The van der Waals surface area contributed by atoms with Crippen LogP contribution in [0.3, 0.4) is 0 Å². The molecule has 1 amide bonds. The molecule has 2 unspecified atom stereocenters. The average molecular weight is 366 g/mol. The summed E-state index contributed by atoms with van der Waals surface area (Å²) in [4.78, 5) is 14.1. The van der Waals surface area contributed by atoms with Gasteiger partial charge in [0.15, 0.2) is 0 Å². The van der Waals surface area contributed by atoms with Crippen LogP contribution in [0.5, 0.6) is 0 Å². The van der Waals surface area contributed by atoms with Crippen LogP contribution in [0.25, 0.3) is 16.3 Å². The second kappa shape index (κ2) is 7.46. The zero-order chi connectivity index (χ0) is 17.9.